The molecule has 0 aliphatic heterocycles. The highest BCUT2D eigenvalue weighted by Crippen LogP contribution is 2.33. The minimum absolute atomic E-state index is 0.307. The van der Waals surface area contributed by atoms with Crippen LogP contribution in [0.4, 0.5) is 0 Å². The van der Waals surface area contributed by atoms with Gasteiger partial charge in [0.1, 0.15) is 5.76 Å². The minimum Gasteiger partial charge on any atom is -0.453 e. The zero-order valence-corrected chi connectivity index (χ0v) is 14.3. The normalized spacial score (nSPS) is 11.1. The number of aldehydes is 2. The second-order valence-corrected chi connectivity index (χ2v) is 6.09. The lowest BCUT2D eigenvalue weighted by molar-refractivity contribution is 0.109. The molecule has 0 fully saturated rings. The fraction of sp³-hybridized carbons (Fsp3) is 0.143. The van der Waals surface area contributed by atoms with Gasteiger partial charge >= 0.3 is 0 Å². The molecule has 0 bridgehead atoms. The molecule has 4 aromatic rings. The summed E-state index contributed by atoms with van der Waals surface area (Å²) in [7, 11) is 0. The van der Waals surface area contributed by atoms with E-state index in [9.17, 15) is 9.59 Å². The van der Waals surface area contributed by atoms with Gasteiger partial charge in [0, 0.05) is 23.0 Å². The zero-order valence-electron chi connectivity index (χ0n) is 14.3. The molecule has 4 rings (SSSR count). The maximum Gasteiger partial charge on any atom is 0.185 e. The van der Waals surface area contributed by atoms with Crippen LogP contribution in [-0.2, 0) is 6.54 Å². The number of hydrogen-bond acceptors (Lipinski definition) is 4. The Morgan fingerprint density at radius 1 is 0.885 bits per heavy atom. The van der Waals surface area contributed by atoms with Crippen molar-refractivity contribution in [3.05, 3.63) is 60.1 Å². The number of hydrogen-bond donors (Lipinski definition) is 0. The van der Waals surface area contributed by atoms with Gasteiger partial charge in [-0.15, -0.1) is 0 Å². The first-order chi connectivity index (χ1) is 12.7. The summed E-state index contributed by atoms with van der Waals surface area (Å²) < 4.78 is 13.3. The Morgan fingerprint density at radius 3 is 2.23 bits per heavy atom. The molecule has 0 spiro atoms. The summed E-state index contributed by atoms with van der Waals surface area (Å²) in [5.74, 6) is 1.94. The number of aromatic nitrogens is 1. The van der Waals surface area contributed by atoms with Crippen molar-refractivity contribution in [2.75, 3.05) is 0 Å². The quantitative estimate of drug-likeness (QED) is 0.450. The number of benzene rings is 1. The van der Waals surface area contributed by atoms with Crippen LogP contribution in [0, 0.1) is 0 Å². The molecule has 0 radical (unpaired) electrons. The van der Waals surface area contributed by atoms with E-state index in [1.54, 1.807) is 18.2 Å². The van der Waals surface area contributed by atoms with Crippen LogP contribution in [0.1, 0.15) is 34.5 Å². The van der Waals surface area contributed by atoms with E-state index >= 15 is 0 Å². The number of carbonyl (C=O) groups excluding carboxylic acids is 2. The molecule has 3 heterocycles. The fourth-order valence-electron chi connectivity index (χ4n) is 3.20. The Kier molecular flexibility index (Phi) is 4.05. The van der Waals surface area contributed by atoms with Crippen LogP contribution >= 0.6 is 0 Å². The molecule has 26 heavy (non-hydrogen) atoms. The first-order valence-corrected chi connectivity index (χ1v) is 8.47. The Labute approximate surface area is 149 Å². The van der Waals surface area contributed by atoms with E-state index < -0.39 is 0 Å². The smallest absolute Gasteiger partial charge is 0.185 e. The van der Waals surface area contributed by atoms with Gasteiger partial charge in [-0.05, 0) is 42.8 Å². The van der Waals surface area contributed by atoms with Crippen molar-refractivity contribution in [1.29, 1.82) is 0 Å². The summed E-state index contributed by atoms with van der Waals surface area (Å²) in [6.45, 7) is 2.93. The SMILES string of the molecule is CCCn1c(-c2ccc(C=O)o2)cc2ccc(-c3ccc(C=O)o3)cc21. The predicted molar refractivity (Wildman–Crippen MR) is 98.4 cm³/mol. The first kappa shape index (κ1) is 16.1. The monoisotopic (exact) mass is 347 g/mol. The highest BCUT2D eigenvalue weighted by atomic mass is 16.4. The third-order valence-corrected chi connectivity index (χ3v) is 4.37. The molecule has 0 aliphatic carbocycles. The number of fused-ring (bicyclic) bond motifs is 1. The van der Waals surface area contributed by atoms with E-state index in [-0.39, 0.29) is 0 Å². The molecule has 3 aromatic heterocycles. The number of rotatable bonds is 6. The van der Waals surface area contributed by atoms with Crippen LogP contribution < -0.4 is 0 Å². The van der Waals surface area contributed by atoms with Gasteiger partial charge in [0.15, 0.2) is 29.9 Å². The Morgan fingerprint density at radius 2 is 1.58 bits per heavy atom. The maximum absolute atomic E-state index is 10.9. The van der Waals surface area contributed by atoms with E-state index in [2.05, 4.69) is 17.6 Å². The summed E-state index contributed by atoms with van der Waals surface area (Å²) in [5.41, 5.74) is 2.88. The molecule has 130 valence electrons. The molecule has 0 saturated heterocycles. The summed E-state index contributed by atoms with van der Waals surface area (Å²) in [4.78, 5) is 21.8. The zero-order chi connectivity index (χ0) is 18.1. The van der Waals surface area contributed by atoms with E-state index in [4.69, 9.17) is 8.83 Å². The van der Waals surface area contributed by atoms with Crippen LogP contribution in [0.5, 0.6) is 0 Å². The second-order valence-electron chi connectivity index (χ2n) is 6.09. The topological polar surface area (TPSA) is 65.3 Å². The molecule has 0 amide bonds. The lowest BCUT2D eigenvalue weighted by atomic mass is 10.1. The largest absolute Gasteiger partial charge is 0.453 e. The van der Waals surface area contributed by atoms with Crippen LogP contribution in [0.15, 0.2) is 57.4 Å². The van der Waals surface area contributed by atoms with Gasteiger partial charge in [-0.2, -0.15) is 0 Å². The number of nitrogens with zero attached hydrogens (tertiary/aromatic N) is 1. The molecule has 0 N–H and O–H groups in total. The molecule has 0 saturated carbocycles. The van der Waals surface area contributed by atoms with Crippen molar-refractivity contribution in [2.24, 2.45) is 0 Å². The summed E-state index contributed by atoms with van der Waals surface area (Å²) in [6, 6.07) is 15.0. The molecule has 0 unspecified atom stereocenters. The van der Waals surface area contributed by atoms with Gasteiger partial charge in [-0.1, -0.05) is 19.1 Å². The van der Waals surface area contributed by atoms with Crippen molar-refractivity contribution in [1.82, 2.24) is 4.57 Å². The van der Waals surface area contributed by atoms with Crippen molar-refractivity contribution in [3.63, 3.8) is 0 Å². The average Bonchev–Trinajstić information content (AvgIpc) is 3.39. The van der Waals surface area contributed by atoms with E-state index in [1.807, 2.05) is 24.3 Å². The molecule has 1 aromatic carbocycles. The second kappa shape index (κ2) is 6.52. The van der Waals surface area contributed by atoms with Gasteiger partial charge in [-0.3, -0.25) is 9.59 Å². The highest BCUT2D eigenvalue weighted by molar-refractivity contribution is 5.90. The van der Waals surface area contributed by atoms with Crippen molar-refractivity contribution in [3.8, 4) is 22.8 Å². The van der Waals surface area contributed by atoms with Crippen molar-refractivity contribution >= 4 is 23.5 Å². The Hall–Kier alpha value is -3.34. The summed E-state index contributed by atoms with van der Waals surface area (Å²) in [6.07, 6.45) is 2.36. The fourth-order valence-corrected chi connectivity index (χ4v) is 3.20. The Balaban J connectivity index is 1.87. The van der Waals surface area contributed by atoms with Crippen LogP contribution in [0.2, 0.25) is 0 Å². The molecular formula is C21H17NO4. The lowest BCUT2D eigenvalue weighted by Gasteiger charge is -2.08. The van der Waals surface area contributed by atoms with Gasteiger partial charge in [-0.25, -0.2) is 0 Å². The third kappa shape index (κ3) is 2.67. The van der Waals surface area contributed by atoms with Crippen LogP contribution in [0.25, 0.3) is 33.7 Å². The standard InChI is InChI=1S/C21H17NO4/c1-2-9-22-18-11-15(20-7-5-16(12-23)25-20)4-3-14(18)10-19(22)21-8-6-17(13-24)26-21/h3-8,10-13H,2,9H2,1H3. The number of carbonyl (C=O) groups is 2. The molecule has 5 nitrogen and oxygen atoms in total. The van der Waals surface area contributed by atoms with Gasteiger partial charge in [0.05, 0.1) is 5.69 Å². The summed E-state index contributed by atoms with van der Waals surface area (Å²) >= 11 is 0. The van der Waals surface area contributed by atoms with Gasteiger partial charge < -0.3 is 13.4 Å². The minimum atomic E-state index is 0.307. The Bertz CT molecular complexity index is 1100. The van der Waals surface area contributed by atoms with Crippen LogP contribution in [-0.4, -0.2) is 17.1 Å². The van der Waals surface area contributed by atoms with Crippen molar-refractivity contribution < 1.29 is 18.4 Å². The first-order valence-electron chi connectivity index (χ1n) is 8.47. The van der Waals surface area contributed by atoms with E-state index in [0.717, 1.165) is 35.1 Å². The molecule has 0 atom stereocenters. The maximum atomic E-state index is 10.9. The van der Waals surface area contributed by atoms with Gasteiger partial charge in [0.25, 0.3) is 0 Å². The summed E-state index contributed by atoms with van der Waals surface area (Å²) in [5, 5.41) is 1.07. The van der Waals surface area contributed by atoms with E-state index in [1.165, 1.54) is 0 Å². The lowest BCUT2D eigenvalue weighted by Crippen LogP contribution is -1.98. The predicted octanol–water partition coefficient (Wildman–Crippen LogP) is 5.20. The van der Waals surface area contributed by atoms with Gasteiger partial charge in [0.2, 0.25) is 0 Å². The number of aryl methyl sites for hydroxylation is 1. The highest BCUT2D eigenvalue weighted by Gasteiger charge is 2.15. The molecule has 0 aliphatic rings. The molecular weight excluding hydrogens is 330 g/mol. The van der Waals surface area contributed by atoms with Crippen LogP contribution in [0.3, 0.4) is 0 Å². The third-order valence-electron chi connectivity index (χ3n) is 4.37. The molecule has 5 heteroatoms. The van der Waals surface area contributed by atoms with Crippen molar-refractivity contribution in [2.45, 2.75) is 19.9 Å². The number of furan rings is 2. The van der Waals surface area contributed by atoms with E-state index in [0.29, 0.717) is 35.6 Å². The average molecular weight is 347 g/mol.